The summed E-state index contributed by atoms with van der Waals surface area (Å²) < 4.78 is 0. The number of rotatable bonds is 5. The van der Waals surface area contributed by atoms with Crippen molar-refractivity contribution in [1.29, 1.82) is 0 Å². The first-order valence-electron chi connectivity index (χ1n) is 7.98. The number of hydrogen-bond acceptors (Lipinski definition) is 3. The molecule has 0 radical (unpaired) electrons. The van der Waals surface area contributed by atoms with E-state index in [1.165, 1.54) is 47.4 Å². The van der Waals surface area contributed by atoms with Gasteiger partial charge in [-0.05, 0) is 43.9 Å². The molecule has 3 heteroatoms. The molecule has 3 rings (SSSR count). The van der Waals surface area contributed by atoms with Gasteiger partial charge in [0, 0.05) is 30.0 Å². The van der Waals surface area contributed by atoms with Crippen LogP contribution in [0.25, 0.3) is 11.3 Å². The highest BCUT2D eigenvalue weighted by Gasteiger charge is 2.14. The second-order valence-electron chi connectivity index (χ2n) is 6.11. The topological polar surface area (TPSA) is 24.9 Å². The molecule has 1 N–H and O–H groups in total. The smallest absolute Gasteiger partial charge is 0.0945 e. The van der Waals surface area contributed by atoms with E-state index in [0.717, 1.165) is 24.7 Å². The largest absolute Gasteiger partial charge is 0.314 e. The highest BCUT2D eigenvalue weighted by molar-refractivity contribution is 7.09. The maximum Gasteiger partial charge on any atom is 0.0945 e. The van der Waals surface area contributed by atoms with Gasteiger partial charge in [-0.1, -0.05) is 25.0 Å². The van der Waals surface area contributed by atoms with Gasteiger partial charge in [-0.25, -0.2) is 4.98 Å². The Labute approximate surface area is 131 Å². The normalized spacial score (nSPS) is 15.7. The predicted molar refractivity (Wildman–Crippen MR) is 91.0 cm³/mol. The number of hydrogen-bond donors (Lipinski definition) is 1. The number of aryl methyl sites for hydroxylation is 2. The second-order valence-corrected chi connectivity index (χ2v) is 7.05. The van der Waals surface area contributed by atoms with Gasteiger partial charge >= 0.3 is 0 Å². The van der Waals surface area contributed by atoms with Gasteiger partial charge in [-0.3, -0.25) is 0 Å². The van der Waals surface area contributed by atoms with E-state index < -0.39 is 0 Å². The van der Waals surface area contributed by atoms with E-state index in [0.29, 0.717) is 0 Å². The van der Waals surface area contributed by atoms with Crippen molar-refractivity contribution in [3.8, 4) is 11.3 Å². The average Bonchev–Trinajstić information content (AvgIpc) is 3.13. The minimum Gasteiger partial charge on any atom is -0.314 e. The van der Waals surface area contributed by atoms with E-state index >= 15 is 0 Å². The van der Waals surface area contributed by atoms with Gasteiger partial charge in [-0.2, -0.15) is 0 Å². The summed E-state index contributed by atoms with van der Waals surface area (Å²) in [5, 5.41) is 7.10. The molecule has 1 aliphatic carbocycles. The summed E-state index contributed by atoms with van der Waals surface area (Å²) in [6.45, 7) is 5.38. The van der Waals surface area contributed by atoms with Gasteiger partial charge in [0.05, 0.1) is 10.7 Å². The van der Waals surface area contributed by atoms with Crippen LogP contribution in [0.3, 0.4) is 0 Å². The zero-order valence-corrected chi connectivity index (χ0v) is 13.8. The summed E-state index contributed by atoms with van der Waals surface area (Å²) in [5.41, 5.74) is 5.04. The van der Waals surface area contributed by atoms with Crippen LogP contribution in [-0.2, 0) is 6.42 Å². The summed E-state index contributed by atoms with van der Waals surface area (Å²) >= 11 is 1.79. The van der Waals surface area contributed by atoms with Crippen LogP contribution in [0.1, 0.15) is 41.8 Å². The van der Waals surface area contributed by atoms with Crippen LogP contribution in [-0.4, -0.2) is 17.6 Å². The molecule has 1 aromatic carbocycles. The highest BCUT2D eigenvalue weighted by Crippen LogP contribution is 2.24. The summed E-state index contributed by atoms with van der Waals surface area (Å²) in [6, 6.07) is 7.36. The first-order chi connectivity index (χ1) is 10.2. The number of thiazole rings is 1. The Balaban J connectivity index is 1.58. The van der Waals surface area contributed by atoms with Crippen molar-refractivity contribution in [3.63, 3.8) is 0 Å². The number of nitrogens with one attached hydrogen (secondary N) is 1. The molecule has 0 bridgehead atoms. The fourth-order valence-corrected chi connectivity index (χ4v) is 3.78. The van der Waals surface area contributed by atoms with Crippen LogP contribution >= 0.6 is 11.3 Å². The molecule has 1 aliphatic rings. The van der Waals surface area contributed by atoms with E-state index in [-0.39, 0.29) is 0 Å². The number of benzene rings is 1. The van der Waals surface area contributed by atoms with Crippen molar-refractivity contribution in [3.05, 3.63) is 39.7 Å². The monoisotopic (exact) mass is 300 g/mol. The van der Waals surface area contributed by atoms with Crippen LogP contribution in [0.15, 0.2) is 23.6 Å². The molecule has 0 amide bonds. The Kier molecular flexibility index (Phi) is 4.71. The Morgan fingerprint density at radius 2 is 2.00 bits per heavy atom. The summed E-state index contributed by atoms with van der Waals surface area (Å²) in [4.78, 5) is 4.79. The third-order valence-corrected chi connectivity index (χ3v) is 5.39. The van der Waals surface area contributed by atoms with E-state index in [4.69, 9.17) is 4.98 Å². The lowest BCUT2D eigenvalue weighted by atomic mass is 10.1. The van der Waals surface area contributed by atoms with Gasteiger partial charge in [0.15, 0.2) is 0 Å². The maximum atomic E-state index is 4.79. The third-order valence-electron chi connectivity index (χ3n) is 4.48. The molecule has 1 heterocycles. The molecule has 1 fully saturated rings. The number of aromatic nitrogens is 1. The third kappa shape index (κ3) is 3.72. The molecule has 1 aromatic heterocycles. The molecule has 2 aromatic rings. The highest BCUT2D eigenvalue weighted by atomic mass is 32.1. The van der Waals surface area contributed by atoms with Gasteiger partial charge in [-0.15, -0.1) is 11.3 Å². The molecule has 21 heavy (non-hydrogen) atoms. The quantitative estimate of drug-likeness (QED) is 0.879. The lowest BCUT2D eigenvalue weighted by molar-refractivity contribution is 0.527. The van der Waals surface area contributed by atoms with E-state index in [1.807, 2.05) is 0 Å². The fourth-order valence-electron chi connectivity index (χ4n) is 2.97. The molecule has 0 atom stereocenters. The van der Waals surface area contributed by atoms with E-state index in [1.54, 1.807) is 11.3 Å². The Hall–Kier alpha value is -1.19. The van der Waals surface area contributed by atoms with Crippen molar-refractivity contribution < 1.29 is 0 Å². The standard InChI is InChI=1S/C18H24N2S/c1-13-7-8-15(11-14(13)2)17-12-21-18(20-17)9-10-19-16-5-3-4-6-16/h7-8,11-12,16,19H,3-6,9-10H2,1-2H3. The zero-order valence-electron chi connectivity index (χ0n) is 13.0. The molecule has 2 nitrogen and oxygen atoms in total. The van der Waals surface area contributed by atoms with E-state index in [9.17, 15) is 0 Å². The van der Waals surface area contributed by atoms with Crippen molar-refractivity contribution in [2.24, 2.45) is 0 Å². The maximum absolute atomic E-state index is 4.79. The minimum absolute atomic E-state index is 0.754. The summed E-state index contributed by atoms with van der Waals surface area (Å²) in [7, 11) is 0. The van der Waals surface area contributed by atoms with Crippen LogP contribution < -0.4 is 5.32 Å². The second kappa shape index (κ2) is 6.71. The Morgan fingerprint density at radius 1 is 1.19 bits per heavy atom. The first kappa shape index (κ1) is 14.7. The molecule has 0 aliphatic heterocycles. The van der Waals surface area contributed by atoms with Gasteiger partial charge in [0.25, 0.3) is 0 Å². The van der Waals surface area contributed by atoms with Crippen molar-refractivity contribution >= 4 is 11.3 Å². The lowest BCUT2D eigenvalue weighted by Gasteiger charge is -2.10. The average molecular weight is 300 g/mol. The van der Waals surface area contributed by atoms with Crippen LogP contribution in [0.2, 0.25) is 0 Å². The van der Waals surface area contributed by atoms with Crippen LogP contribution in [0.5, 0.6) is 0 Å². The summed E-state index contributed by atoms with van der Waals surface area (Å²) in [5.74, 6) is 0. The predicted octanol–water partition coefficient (Wildman–Crippen LogP) is 4.50. The van der Waals surface area contributed by atoms with Crippen molar-refractivity contribution in [2.75, 3.05) is 6.54 Å². The van der Waals surface area contributed by atoms with Crippen LogP contribution in [0, 0.1) is 13.8 Å². The SMILES string of the molecule is Cc1ccc(-c2csc(CCNC3CCCC3)n2)cc1C. The van der Waals surface area contributed by atoms with Crippen molar-refractivity contribution in [1.82, 2.24) is 10.3 Å². The molecule has 0 spiro atoms. The Bertz CT molecular complexity index is 597. The van der Waals surface area contributed by atoms with Gasteiger partial charge in [0.2, 0.25) is 0 Å². The van der Waals surface area contributed by atoms with Crippen molar-refractivity contribution in [2.45, 2.75) is 52.0 Å². The van der Waals surface area contributed by atoms with Crippen LogP contribution in [0.4, 0.5) is 0 Å². The molecule has 0 unspecified atom stereocenters. The minimum atomic E-state index is 0.754. The molecule has 0 saturated heterocycles. The summed E-state index contributed by atoms with van der Waals surface area (Å²) in [6.07, 6.45) is 6.54. The molecular formula is C18H24N2S. The molecular weight excluding hydrogens is 276 g/mol. The first-order valence-corrected chi connectivity index (χ1v) is 8.86. The number of nitrogens with zero attached hydrogens (tertiary/aromatic N) is 1. The van der Waals surface area contributed by atoms with E-state index in [2.05, 4.69) is 42.7 Å². The zero-order chi connectivity index (χ0) is 14.7. The molecule has 1 saturated carbocycles. The fraction of sp³-hybridized carbons (Fsp3) is 0.500. The lowest BCUT2D eigenvalue weighted by Crippen LogP contribution is -2.27. The van der Waals surface area contributed by atoms with Gasteiger partial charge < -0.3 is 5.32 Å². The van der Waals surface area contributed by atoms with Gasteiger partial charge in [0.1, 0.15) is 0 Å². The molecule has 112 valence electrons. The Morgan fingerprint density at radius 3 is 2.76 bits per heavy atom.